The smallest absolute Gasteiger partial charge is 0.410 e. The zero-order valence-corrected chi connectivity index (χ0v) is 19.3. The fourth-order valence-corrected chi connectivity index (χ4v) is 4.52. The molecule has 2 fully saturated rings. The molecule has 0 N–H and O–H groups in total. The third kappa shape index (κ3) is 5.59. The van der Waals surface area contributed by atoms with Gasteiger partial charge in [-0.2, -0.15) is 0 Å². The monoisotopic (exact) mass is 444 g/mol. The van der Waals surface area contributed by atoms with Gasteiger partial charge in [-0.05, 0) is 55.0 Å². The molecule has 168 valence electrons. The summed E-state index contributed by atoms with van der Waals surface area (Å²) in [6.45, 7) is 6.17. The molecular weight excluding hydrogens is 412 g/mol. The second-order valence-corrected chi connectivity index (χ2v) is 8.38. The standard InChI is InChI=1S/C25H32N2O3.ClH/c1-19-4-3-14-26(19)15-13-20-5-7-21(8-6-20)22-9-11-23(12-10-22)24-18-30-25(28)27(24)16-17-29-2;/h5-12,19,24H,3-4,13-18H2,1-2H3;1H/t19-,24+;/m1./s1. The minimum Gasteiger partial charge on any atom is -0.447 e. The predicted molar refractivity (Wildman–Crippen MR) is 126 cm³/mol. The molecule has 2 aromatic rings. The van der Waals surface area contributed by atoms with Gasteiger partial charge in [-0.25, -0.2) is 4.79 Å². The quantitative estimate of drug-likeness (QED) is 0.578. The Bertz CT molecular complexity index is 841. The van der Waals surface area contributed by atoms with E-state index in [9.17, 15) is 4.79 Å². The van der Waals surface area contributed by atoms with E-state index in [1.807, 2.05) is 0 Å². The average molecular weight is 445 g/mol. The van der Waals surface area contributed by atoms with E-state index in [-0.39, 0.29) is 24.5 Å². The van der Waals surface area contributed by atoms with Gasteiger partial charge in [0.05, 0.1) is 12.6 Å². The highest BCUT2D eigenvalue weighted by Gasteiger charge is 2.33. The first-order valence-corrected chi connectivity index (χ1v) is 11.0. The molecule has 0 aliphatic carbocycles. The highest BCUT2D eigenvalue weighted by atomic mass is 35.5. The van der Waals surface area contributed by atoms with Gasteiger partial charge in [-0.15, -0.1) is 12.4 Å². The lowest BCUT2D eigenvalue weighted by Gasteiger charge is -2.21. The first-order chi connectivity index (χ1) is 14.7. The van der Waals surface area contributed by atoms with E-state index in [1.165, 1.54) is 36.1 Å². The molecule has 2 heterocycles. The number of carbonyl (C=O) groups excluding carboxylic acids is 1. The molecule has 0 radical (unpaired) electrons. The van der Waals surface area contributed by atoms with Crippen LogP contribution in [0.5, 0.6) is 0 Å². The molecule has 31 heavy (non-hydrogen) atoms. The van der Waals surface area contributed by atoms with Crippen molar-refractivity contribution in [2.24, 2.45) is 0 Å². The molecule has 0 spiro atoms. The molecule has 2 saturated heterocycles. The molecule has 0 bridgehead atoms. The van der Waals surface area contributed by atoms with Crippen LogP contribution in [0, 0.1) is 0 Å². The van der Waals surface area contributed by atoms with Crippen LogP contribution in [0.4, 0.5) is 4.79 Å². The Kier molecular flexibility index (Phi) is 8.35. The maximum absolute atomic E-state index is 12.0. The van der Waals surface area contributed by atoms with Crippen molar-refractivity contribution >= 4 is 18.5 Å². The molecule has 2 aliphatic rings. The van der Waals surface area contributed by atoms with E-state index < -0.39 is 0 Å². The second kappa shape index (κ2) is 11.0. The number of rotatable bonds is 8. The number of carbonyl (C=O) groups is 1. The van der Waals surface area contributed by atoms with Gasteiger partial charge in [0.25, 0.3) is 0 Å². The summed E-state index contributed by atoms with van der Waals surface area (Å²) in [4.78, 5) is 16.3. The third-order valence-corrected chi connectivity index (χ3v) is 6.47. The molecular formula is C25H33ClN2O3. The maximum Gasteiger partial charge on any atom is 0.410 e. The summed E-state index contributed by atoms with van der Waals surface area (Å²) in [5.74, 6) is 0. The van der Waals surface area contributed by atoms with Crippen LogP contribution in [0.2, 0.25) is 0 Å². The van der Waals surface area contributed by atoms with E-state index in [2.05, 4.69) is 60.4 Å². The second-order valence-electron chi connectivity index (χ2n) is 8.38. The zero-order chi connectivity index (χ0) is 20.9. The van der Waals surface area contributed by atoms with Crippen molar-refractivity contribution in [2.75, 3.05) is 40.0 Å². The normalized spacial score (nSPS) is 21.2. The molecule has 1 amide bonds. The number of cyclic esters (lactones) is 1. The Labute approximate surface area is 191 Å². The van der Waals surface area contributed by atoms with E-state index in [0.717, 1.165) is 24.6 Å². The number of halogens is 1. The Balaban J connectivity index is 0.00000272. The minimum absolute atomic E-state index is 0. The maximum atomic E-state index is 12.0. The lowest BCUT2D eigenvalue weighted by atomic mass is 9.99. The number of hydrogen-bond acceptors (Lipinski definition) is 4. The SMILES string of the molecule is COCCN1C(=O)OC[C@H]1c1ccc(-c2ccc(CCN3CCC[C@H]3C)cc2)cc1.Cl. The molecule has 5 nitrogen and oxygen atoms in total. The number of methoxy groups -OCH3 is 1. The molecule has 0 unspecified atom stereocenters. The van der Waals surface area contributed by atoms with Gasteiger partial charge in [0, 0.05) is 26.2 Å². The van der Waals surface area contributed by atoms with Crippen molar-refractivity contribution < 1.29 is 14.3 Å². The fourth-order valence-electron chi connectivity index (χ4n) is 4.52. The third-order valence-electron chi connectivity index (χ3n) is 6.47. The van der Waals surface area contributed by atoms with Crippen LogP contribution < -0.4 is 0 Å². The highest BCUT2D eigenvalue weighted by Crippen LogP contribution is 2.29. The lowest BCUT2D eigenvalue weighted by molar-refractivity contribution is 0.134. The van der Waals surface area contributed by atoms with Crippen LogP contribution in [-0.4, -0.2) is 61.9 Å². The van der Waals surface area contributed by atoms with Crippen molar-refractivity contribution in [1.82, 2.24) is 9.80 Å². The Morgan fingerprint density at radius 1 is 1.03 bits per heavy atom. The van der Waals surface area contributed by atoms with Crippen molar-refractivity contribution in [2.45, 2.75) is 38.3 Å². The van der Waals surface area contributed by atoms with Gasteiger partial charge in [0.15, 0.2) is 0 Å². The summed E-state index contributed by atoms with van der Waals surface area (Å²) in [7, 11) is 1.64. The van der Waals surface area contributed by atoms with Crippen LogP contribution >= 0.6 is 12.4 Å². The molecule has 0 aromatic heterocycles. The average Bonchev–Trinajstić information content (AvgIpc) is 3.36. The number of nitrogens with zero attached hydrogens (tertiary/aromatic N) is 2. The number of hydrogen-bond donors (Lipinski definition) is 0. The summed E-state index contributed by atoms with van der Waals surface area (Å²) in [6.07, 6.45) is 3.51. The first kappa shape index (κ1) is 23.6. The van der Waals surface area contributed by atoms with Crippen molar-refractivity contribution in [3.05, 3.63) is 59.7 Å². The molecule has 2 aromatic carbocycles. The van der Waals surface area contributed by atoms with Gasteiger partial charge < -0.3 is 14.4 Å². The fraction of sp³-hybridized carbons (Fsp3) is 0.480. The zero-order valence-electron chi connectivity index (χ0n) is 18.5. The topological polar surface area (TPSA) is 42.0 Å². The van der Waals surface area contributed by atoms with Gasteiger partial charge in [0.2, 0.25) is 0 Å². The van der Waals surface area contributed by atoms with E-state index >= 15 is 0 Å². The molecule has 2 atom stereocenters. The molecule has 2 aliphatic heterocycles. The number of amides is 1. The van der Waals surface area contributed by atoms with E-state index in [1.54, 1.807) is 12.0 Å². The number of ether oxygens (including phenoxy) is 2. The summed E-state index contributed by atoms with van der Waals surface area (Å²) < 4.78 is 10.4. The number of likely N-dealkylation sites (tertiary alicyclic amines) is 1. The molecule has 6 heteroatoms. The predicted octanol–water partition coefficient (Wildman–Crippen LogP) is 4.94. The van der Waals surface area contributed by atoms with Gasteiger partial charge in [0.1, 0.15) is 6.61 Å². The number of benzene rings is 2. The van der Waals surface area contributed by atoms with Crippen LogP contribution in [0.15, 0.2) is 48.5 Å². The molecule has 0 saturated carbocycles. The van der Waals surface area contributed by atoms with Crippen molar-refractivity contribution in [1.29, 1.82) is 0 Å². The summed E-state index contributed by atoms with van der Waals surface area (Å²) in [6, 6.07) is 18.1. The highest BCUT2D eigenvalue weighted by molar-refractivity contribution is 5.85. The first-order valence-electron chi connectivity index (χ1n) is 11.0. The summed E-state index contributed by atoms with van der Waals surface area (Å²) in [5, 5.41) is 0. The Morgan fingerprint density at radius 2 is 1.71 bits per heavy atom. The summed E-state index contributed by atoms with van der Waals surface area (Å²) in [5.41, 5.74) is 4.89. The van der Waals surface area contributed by atoms with Crippen LogP contribution in [0.25, 0.3) is 11.1 Å². The van der Waals surface area contributed by atoms with Gasteiger partial charge in [-0.3, -0.25) is 4.90 Å². The Morgan fingerprint density at radius 3 is 2.32 bits per heavy atom. The van der Waals surface area contributed by atoms with E-state index in [4.69, 9.17) is 9.47 Å². The lowest BCUT2D eigenvalue weighted by Crippen LogP contribution is -2.30. The van der Waals surface area contributed by atoms with Crippen molar-refractivity contribution in [3.8, 4) is 11.1 Å². The van der Waals surface area contributed by atoms with Gasteiger partial charge in [-0.1, -0.05) is 48.5 Å². The van der Waals surface area contributed by atoms with Crippen LogP contribution in [0.1, 0.15) is 36.9 Å². The van der Waals surface area contributed by atoms with E-state index in [0.29, 0.717) is 19.8 Å². The minimum atomic E-state index is -0.264. The van der Waals surface area contributed by atoms with Crippen molar-refractivity contribution in [3.63, 3.8) is 0 Å². The van der Waals surface area contributed by atoms with Crippen LogP contribution in [0.3, 0.4) is 0 Å². The molecule has 4 rings (SSSR count). The largest absolute Gasteiger partial charge is 0.447 e. The Hall–Kier alpha value is -2.08. The van der Waals surface area contributed by atoms with Gasteiger partial charge >= 0.3 is 6.09 Å². The summed E-state index contributed by atoms with van der Waals surface area (Å²) >= 11 is 0. The van der Waals surface area contributed by atoms with Crippen LogP contribution in [-0.2, 0) is 15.9 Å².